The highest BCUT2D eigenvalue weighted by atomic mass is 16.5. The molecule has 3 heteroatoms. The second kappa shape index (κ2) is 5.26. The van der Waals surface area contributed by atoms with E-state index in [0.717, 1.165) is 5.56 Å². The Morgan fingerprint density at radius 1 is 1.12 bits per heavy atom. The Morgan fingerprint density at radius 3 is 2.12 bits per heavy atom. The predicted molar refractivity (Wildman–Crippen MR) is 62.1 cm³/mol. The van der Waals surface area contributed by atoms with E-state index in [1.165, 1.54) is 14.0 Å². The molecule has 0 radical (unpaired) electrons. The number of rotatable bonds is 3. The summed E-state index contributed by atoms with van der Waals surface area (Å²) in [7, 11) is 1.34. The van der Waals surface area contributed by atoms with E-state index < -0.39 is 0 Å². The summed E-state index contributed by atoms with van der Waals surface area (Å²) in [5, 5.41) is 0. The Kier molecular flexibility index (Phi) is 4.00. The van der Waals surface area contributed by atoms with Gasteiger partial charge in [-0.15, -0.1) is 0 Å². The predicted octanol–water partition coefficient (Wildman–Crippen LogP) is 2.47. The molecule has 0 bridgehead atoms. The van der Waals surface area contributed by atoms with E-state index >= 15 is 0 Å². The van der Waals surface area contributed by atoms with Gasteiger partial charge in [0.15, 0.2) is 5.78 Å². The molecule has 3 nitrogen and oxygen atoms in total. The third-order valence-corrected chi connectivity index (χ3v) is 2.27. The van der Waals surface area contributed by atoms with E-state index in [1.54, 1.807) is 37.3 Å². The summed E-state index contributed by atoms with van der Waals surface area (Å²) in [6.45, 7) is 3.28. The van der Waals surface area contributed by atoms with E-state index in [0.29, 0.717) is 11.1 Å². The molecule has 0 saturated heterocycles. The third kappa shape index (κ3) is 3.05. The molecule has 1 aromatic carbocycles. The van der Waals surface area contributed by atoms with Gasteiger partial charge in [0.1, 0.15) is 0 Å². The van der Waals surface area contributed by atoms with Crippen molar-refractivity contribution in [3.05, 3.63) is 41.0 Å². The minimum absolute atomic E-state index is 0.0389. The summed E-state index contributed by atoms with van der Waals surface area (Å²) < 4.78 is 4.59. The zero-order valence-corrected chi connectivity index (χ0v) is 9.61. The second-order valence-corrected chi connectivity index (χ2v) is 3.50. The number of allylic oxidation sites excluding steroid dienone is 1. The normalized spacial score (nSPS) is 11.1. The van der Waals surface area contributed by atoms with Gasteiger partial charge in [0, 0.05) is 0 Å². The number of methoxy groups -OCH3 is 1. The molecule has 1 aromatic rings. The molecule has 0 spiro atoms. The Bertz CT molecular complexity index is 427. The molecule has 1 rings (SSSR count). The van der Waals surface area contributed by atoms with Crippen molar-refractivity contribution < 1.29 is 14.3 Å². The zero-order valence-electron chi connectivity index (χ0n) is 9.61. The summed E-state index contributed by atoms with van der Waals surface area (Å²) in [6, 6.07) is 6.90. The van der Waals surface area contributed by atoms with Crippen LogP contribution in [0, 0.1) is 0 Å². The van der Waals surface area contributed by atoms with Crippen LogP contribution < -0.4 is 0 Å². The molecule has 0 N–H and O–H groups in total. The molecule has 0 heterocycles. The highest BCUT2D eigenvalue weighted by Crippen LogP contribution is 2.10. The van der Waals surface area contributed by atoms with Gasteiger partial charge >= 0.3 is 5.97 Å². The van der Waals surface area contributed by atoms with Crippen molar-refractivity contribution in [1.82, 2.24) is 0 Å². The number of carbonyl (C=O) groups is 2. The maximum atomic E-state index is 11.2. The fourth-order valence-electron chi connectivity index (χ4n) is 1.18. The highest BCUT2D eigenvalue weighted by Gasteiger charge is 2.03. The molecule has 0 aliphatic rings. The third-order valence-electron chi connectivity index (χ3n) is 2.27. The van der Waals surface area contributed by atoms with Gasteiger partial charge in [-0.3, -0.25) is 4.79 Å². The average Bonchev–Trinajstić information content (AvgIpc) is 2.28. The number of carbonyl (C=O) groups excluding carboxylic acids is 2. The lowest BCUT2D eigenvalue weighted by atomic mass is 10.1. The van der Waals surface area contributed by atoms with Crippen molar-refractivity contribution in [3.8, 4) is 0 Å². The first-order valence-corrected chi connectivity index (χ1v) is 4.92. The average molecular weight is 218 g/mol. The molecule has 0 aliphatic carbocycles. The smallest absolute Gasteiger partial charge is 0.337 e. The van der Waals surface area contributed by atoms with Crippen molar-refractivity contribution >= 4 is 17.8 Å². The van der Waals surface area contributed by atoms with Crippen molar-refractivity contribution in [2.24, 2.45) is 0 Å². The second-order valence-electron chi connectivity index (χ2n) is 3.50. The molecule has 84 valence electrons. The molecule has 0 atom stereocenters. The molecule has 0 aliphatic heterocycles. The summed E-state index contributed by atoms with van der Waals surface area (Å²) in [6.07, 6.45) is 1.78. The summed E-state index contributed by atoms with van der Waals surface area (Å²) in [5.41, 5.74) is 2.08. The monoisotopic (exact) mass is 218 g/mol. The van der Waals surface area contributed by atoms with Crippen LogP contribution in [0.4, 0.5) is 0 Å². The SMILES string of the molecule is COC(=O)c1ccc(/C=C(\C)C(C)=O)cc1. The number of esters is 1. The van der Waals surface area contributed by atoms with Crippen LogP contribution in [-0.2, 0) is 9.53 Å². The lowest BCUT2D eigenvalue weighted by Gasteiger charge is -2.00. The maximum absolute atomic E-state index is 11.2. The van der Waals surface area contributed by atoms with E-state index in [1.807, 2.05) is 0 Å². The van der Waals surface area contributed by atoms with E-state index in [2.05, 4.69) is 4.74 Å². The first kappa shape index (κ1) is 12.2. The van der Waals surface area contributed by atoms with Crippen molar-refractivity contribution in [1.29, 1.82) is 0 Å². The van der Waals surface area contributed by atoms with Gasteiger partial charge in [-0.05, 0) is 43.2 Å². The van der Waals surface area contributed by atoms with Crippen LogP contribution >= 0.6 is 0 Å². The highest BCUT2D eigenvalue weighted by molar-refractivity contribution is 5.97. The molecule has 0 amide bonds. The van der Waals surface area contributed by atoms with Gasteiger partial charge < -0.3 is 4.74 Å². The quantitative estimate of drug-likeness (QED) is 0.578. The van der Waals surface area contributed by atoms with Crippen LogP contribution in [0.1, 0.15) is 29.8 Å². The Labute approximate surface area is 94.7 Å². The standard InChI is InChI=1S/C13H14O3/c1-9(10(2)14)8-11-4-6-12(7-5-11)13(15)16-3/h4-8H,1-3H3/b9-8+. The fraction of sp³-hybridized carbons (Fsp3) is 0.231. The number of hydrogen-bond acceptors (Lipinski definition) is 3. The molecule has 0 saturated carbocycles. The minimum Gasteiger partial charge on any atom is -0.465 e. The molecule has 0 unspecified atom stereocenters. The number of hydrogen-bond donors (Lipinski definition) is 0. The number of Topliss-reactive ketones (excluding diaryl/α,β-unsaturated/α-hetero) is 1. The largest absolute Gasteiger partial charge is 0.465 e. The van der Waals surface area contributed by atoms with Gasteiger partial charge in [-0.25, -0.2) is 4.79 Å². The fourth-order valence-corrected chi connectivity index (χ4v) is 1.18. The van der Waals surface area contributed by atoms with Crippen LogP contribution in [0.5, 0.6) is 0 Å². The molecule has 0 aromatic heterocycles. The summed E-state index contributed by atoms with van der Waals surface area (Å²) >= 11 is 0. The first-order chi connectivity index (χ1) is 7.54. The van der Waals surface area contributed by atoms with Gasteiger partial charge in [-0.2, -0.15) is 0 Å². The molecular formula is C13H14O3. The van der Waals surface area contributed by atoms with Crippen LogP contribution in [-0.4, -0.2) is 18.9 Å². The van der Waals surface area contributed by atoms with Gasteiger partial charge in [0.05, 0.1) is 12.7 Å². The van der Waals surface area contributed by atoms with E-state index in [4.69, 9.17) is 0 Å². The van der Waals surface area contributed by atoms with Crippen LogP contribution in [0.15, 0.2) is 29.8 Å². The Hall–Kier alpha value is -1.90. The van der Waals surface area contributed by atoms with Crippen LogP contribution in [0.25, 0.3) is 6.08 Å². The Balaban J connectivity index is 2.91. The van der Waals surface area contributed by atoms with Crippen molar-refractivity contribution in [2.45, 2.75) is 13.8 Å². The number of ether oxygens (including phenoxy) is 1. The number of ketones is 1. The zero-order chi connectivity index (χ0) is 12.1. The lowest BCUT2D eigenvalue weighted by Crippen LogP contribution is -2.00. The maximum Gasteiger partial charge on any atom is 0.337 e. The lowest BCUT2D eigenvalue weighted by molar-refractivity contribution is -0.113. The van der Waals surface area contributed by atoms with Crippen molar-refractivity contribution in [2.75, 3.05) is 7.11 Å². The van der Waals surface area contributed by atoms with Crippen molar-refractivity contribution in [3.63, 3.8) is 0 Å². The molecular weight excluding hydrogens is 204 g/mol. The molecule has 16 heavy (non-hydrogen) atoms. The van der Waals surface area contributed by atoms with E-state index in [-0.39, 0.29) is 11.8 Å². The minimum atomic E-state index is -0.362. The number of benzene rings is 1. The van der Waals surface area contributed by atoms with Gasteiger partial charge in [-0.1, -0.05) is 12.1 Å². The first-order valence-electron chi connectivity index (χ1n) is 4.92. The van der Waals surface area contributed by atoms with Crippen LogP contribution in [0.2, 0.25) is 0 Å². The summed E-state index contributed by atoms with van der Waals surface area (Å²) in [4.78, 5) is 22.2. The summed E-state index contributed by atoms with van der Waals surface area (Å²) in [5.74, 6) is -0.323. The van der Waals surface area contributed by atoms with E-state index in [9.17, 15) is 9.59 Å². The molecule has 0 fully saturated rings. The van der Waals surface area contributed by atoms with Gasteiger partial charge in [0.25, 0.3) is 0 Å². The Morgan fingerprint density at radius 2 is 1.69 bits per heavy atom. The topological polar surface area (TPSA) is 43.4 Å². The van der Waals surface area contributed by atoms with Gasteiger partial charge in [0.2, 0.25) is 0 Å². The van der Waals surface area contributed by atoms with Crippen LogP contribution in [0.3, 0.4) is 0 Å².